The summed E-state index contributed by atoms with van der Waals surface area (Å²) in [5.74, 6) is 0.775. The van der Waals surface area contributed by atoms with E-state index >= 15 is 0 Å². The first kappa shape index (κ1) is 13.7. The lowest BCUT2D eigenvalue weighted by Crippen LogP contribution is -1.95. The first-order chi connectivity index (χ1) is 6.85. The molecule has 0 N–H and O–H groups in total. The molecule has 0 aromatic heterocycles. The molecule has 0 aromatic carbocycles. The van der Waals surface area contributed by atoms with Gasteiger partial charge in [-0.15, -0.1) is 0 Å². The van der Waals surface area contributed by atoms with Gasteiger partial charge in [0.15, 0.2) is 0 Å². The summed E-state index contributed by atoms with van der Waals surface area (Å²) in [7, 11) is 0. The van der Waals surface area contributed by atoms with Crippen molar-refractivity contribution < 1.29 is 0 Å². The van der Waals surface area contributed by atoms with E-state index in [4.69, 9.17) is 0 Å². The third-order valence-electron chi connectivity index (χ3n) is 2.61. The Bertz CT molecular complexity index is 124. The summed E-state index contributed by atoms with van der Waals surface area (Å²) < 4.78 is 0. The summed E-state index contributed by atoms with van der Waals surface area (Å²) in [6, 6.07) is 0. The second kappa shape index (κ2) is 10.8. The highest BCUT2D eigenvalue weighted by molar-refractivity contribution is 4.85. The average Bonchev–Trinajstić information content (AvgIpc) is 2.18. The van der Waals surface area contributed by atoms with E-state index in [-0.39, 0.29) is 0 Å². The van der Waals surface area contributed by atoms with E-state index in [0.717, 1.165) is 18.8 Å². The Kier molecular flexibility index (Phi) is 10.6. The Morgan fingerprint density at radius 3 is 2.21 bits per heavy atom. The first-order valence-corrected chi connectivity index (χ1v) is 6.06. The van der Waals surface area contributed by atoms with Crippen LogP contribution < -0.4 is 0 Å². The molecule has 1 unspecified atom stereocenters. The lowest BCUT2D eigenvalue weighted by atomic mass is 9.96. The molecule has 14 heavy (non-hydrogen) atoms. The summed E-state index contributed by atoms with van der Waals surface area (Å²) in [5, 5.41) is 0. The highest BCUT2D eigenvalue weighted by atomic mass is 14.1. The molecular weight excluding hydrogens is 168 g/mol. The molecule has 0 heterocycles. The molecular formula is C14H26. The maximum atomic E-state index is 3.92. The van der Waals surface area contributed by atoms with Gasteiger partial charge in [-0.3, -0.25) is 0 Å². The minimum atomic E-state index is 0.775. The number of allylic oxidation sites excluding steroid dienone is 2. The zero-order valence-electron chi connectivity index (χ0n) is 9.80. The van der Waals surface area contributed by atoms with Gasteiger partial charge in [0.1, 0.15) is 0 Å². The largest absolute Gasteiger partial charge is 0.0914 e. The highest BCUT2D eigenvalue weighted by Crippen LogP contribution is 2.17. The molecule has 0 rings (SSSR count). The van der Waals surface area contributed by atoms with Crippen LogP contribution in [0, 0.1) is 19.8 Å². The standard InChI is InChI=1S/C14H26/c1-4-7-8-9-10-13-14(11-5-2)12-6-3/h6,12,14H,1-2,4-5,7-11,13H2,3H3. The third kappa shape index (κ3) is 8.34. The Morgan fingerprint density at radius 1 is 0.929 bits per heavy atom. The van der Waals surface area contributed by atoms with Crippen molar-refractivity contribution >= 4 is 0 Å². The summed E-state index contributed by atoms with van der Waals surface area (Å²) >= 11 is 0. The summed E-state index contributed by atoms with van der Waals surface area (Å²) in [6.07, 6.45) is 14.7. The van der Waals surface area contributed by atoms with Gasteiger partial charge in [0.05, 0.1) is 0 Å². The van der Waals surface area contributed by atoms with Gasteiger partial charge in [-0.25, -0.2) is 0 Å². The molecule has 0 saturated carbocycles. The zero-order valence-corrected chi connectivity index (χ0v) is 9.80. The van der Waals surface area contributed by atoms with Crippen LogP contribution in [0.5, 0.6) is 0 Å². The fourth-order valence-corrected chi connectivity index (χ4v) is 1.81. The Hall–Kier alpha value is -0.260. The molecule has 0 nitrogen and oxygen atoms in total. The van der Waals surface area contributed by atoms with Crippen LogP contribution in [0.3, 0.4) is 0 Å². The molecule has 82 valence electrons. The Morgan fingerprint density at radius 2 is 1.64 bits per heavy atom. The van der Waals surface area contributed by atoms with Gasteiger partial charge in [-0.1, -0.05) is 64.5 Å². The SMILES string of the molecule is [CH2]CCCCCCC(C=CC)CC[CH2]. The van der Waals surface area contributed by atoms with Gasteiger partial charge in [0.25, 0.3) is 0 Å². The van der Waals surface area contributed by atoms with Crippen LogP contribution in [0.25, 0.3) is 0 Å². The molecule has 0 aliphatic heterocycles. The van der Waals surface area contributed by atoms with Gasteiger partial charge in [0.2, 0.25) is 0 Å². The Balaban J connectivity index is 3.40. The van der Waals surface area contributed by atoms with Crippen molar-refractivity contribution in [1.82, 2.24) is 0 Å². The highest BCUT2D eigenvalue weighted by Gasteiger charge is 2.02. The number of hydrogen-bond donors (Lipinski definition) is 0. The summed E-state index contributed by atoms with van der Waals surface area (Å²) in [5.41, 5.74) is 0. The monoisotopic (exact) mass is 194 g/mol. The van der Waals surface area contributed by atoms with E-state index in [1.165, 1.54) is 38.5 Å². The number of rotatable bonds is 9. The van der Waals surface area contributed by atoms with Crippen molar-refractivity contribution in [3.63, 3.8) is 0 Å². The molecule has 0 aliphatic rings. The van der Waals surface area contributed by atoms with Crippen LogP contribution in [0.2, 0.25) is 0 Å². The summed E-state index contributed by atoms with van der Waals surface area (Å²) in [4.78, 5) is 0. The molecule has 0 saturated heterocycles. The quantitative estimate of drug-likeness (QED) is 0.359. The van der Waals surface area contributed by atoms with Gasteiger partial charge in [-0.2, -0.15) is 0 Å². The van der Waals surface area contributed by atoms with Crippen LogP contribution in [0.4, 0.5) is 0 Å². The van der Waals surface area contributed by atoms with Crippen molar-refractivity contribution in [2.75, 3.05) is 0 Å². The van der Waals surface area contributed by atoms with E-state index in [1.54, 1.807) is 0 Å². The van der Waals surface area contributed by atoms with Crippen LogP contribution in [0.1, 0.15) is 58.3 Å². The van der Waals surface area contributed by atoms with Crippen molar-refractivity contribution in [2.45, 2.75) is 58.3 Å². The lowest BCUT2D eigenvalue weighted by Gasteiger charge is -2.10. The van der Waals surface area contributed by atoms with Crippen LogP contribution in [-0.4, -0.2) is 0 Å². The topological polar surface area (TPSA) is 0 Å². The molecule has 0 aliphatic carbocycles. The third-order valence-corrected chi connectivity index (χ3v) is 2.61. The van der Waals surface area contributed by atoms with Crippen LogP contribution >= 0.6 is 0 Å². The van der Waals surface area contributed by atoms with Crippen molar-refractivity contribution in [2.24, 2.45) is 5.92 Å². The minimum Gasteiger partial charge on any atom is -0.0914 e. The Labute approximate surface area is 90.8 Å². The molecule has 2 radical (unpaired) electrons. The maximum Gasteiger partial charge on any atom is -0.0234 e. The molecule has 0 bridgehead atoms. The molecule has 1 atom stereocenters. The van der Waals surface area contributed by atoms with Gasteiger partial charge in [0, 0.05) is 0 Å². The van der Waals surface area contributed by atoms with E-state index in [1.807, 2.05) is 0 Å². The fourth-order valence-electron chi connectivity index (χ4n) is 1.81. The van der Waals surface area contributed by atoms with Crippen molar-refractivity contribution in [3.05, 3.63) is 26.0 Å². The average molecular weight is 194 g/mol. The summed E-state index contributed by atoms with van der Waals surface area (Å²) in [6.45, 7) is 9.89. The normalized spacial score (nSPS) is 13.6. The number of unbranched alkanes of at least 4 members (excludes halogenated alkanes) is 4. The van der Waals surface area contributed by atoms with Gasteiger partial charge in [-0.05, 0) is 25.7 Å². The predicted octanol–water partition coefficient (Wildman–Crippen LogP) is 4.97. The van der Waals surface area contributed by atoms with Crippen molar-refractivity contribution in [1.29, 1.82) is 0 Å². The van der Waals surface area contributed by atoms with Gasteiger partial charge < -0.3 is 0 Å². The second-order valence-corrected chi connectivity index (χ2v) is 3.98. The van der Waals surface area contributed by atoms with Crippen LogP contribution in [-0.2, 0) is 0 Å². The molecule has 0 heteroatoms. The predicted molar refractivity (Wildman–Crippen MR) is 66.0 cm³/mol. The lowest BCUT2D eigenvalue weighted by molar-refractivity contribution is 0.500. The minimum absolute atomic E-state index is 0.775. The second-order valence-electron chi connectivity index (χ2n) is 3.98. The number of hydrogen-bond acceptors (Lipinski definition) is 0. The first-order valence-electron chi connectivity index (χ1n) is 6.06. The molecule has 0 fully saturated rings. The van der Waals surface area contributed by atoms with E-state index in [9.17, 15) is 0 Å². The van der Waals surface area contributed by atoms with E-state index in [0.29, 0.717) is 0 Å². The van der Waals surface area contributed by atoms with Gasteiger partial charge >= 0.3 is 0 Å². The zero-order chi connectivity index (χ0) is 10.6. The molecule has 0 amide bonds. The molecule has 0 aromatic rings. The smallest absolute Gasteiger partial charge is 0.0234 e. The van der Waals surface area contributed by atoms with Crippen LogP contribution in [0.15, 0.2) is 12.2 Å². The van der Waals surface area contributed by atoms with Crippen molar-refractivity contribution in [3.8, 4) is 0 Å². The van der Waals surface area contributed by atoms with E-state index < -0.39 is 0 Å². The fraction of sp³-hybridized carbons (Fsp3) is 0.714. The maximum absolute atomic E-state index is 3.92. The van der Waals surface area contributed by atoms with E-state index in [2.05, 4.69) is 32.9 Å². The molecule has 0 spiro atoms.